The number of carbonyl (C=O) groups is 1. The highest BCUT2D eigenvalue weighted by molar-refractivity contribution is 9.10. The minimum Gasteiger partial charge on any atom is -0.488 e. The van der Waals surface area contributed by atoms with E-state index in [0.29, 0.717) is 18.7 Å². The molecule has 5 heteroatoms. The zero-order chi connectivity index (χ0) is 16.8. The number of hydrogen-bond donors (Lipinski definition) is 1. The first-order valence-corrected chi connectivity index (χ1v) is 8.88. The first-order valence-electron chi connectivity index (χ1n) is 8.08. The van der Waals surface area contributed by atoms with Gasteiger partial charge < -0.3 is 14.8 Å². The van der Waals surface area contributed by atoms with Crippen LogP contribution in [-0.4, -0.2) is 25.2 Å². The fraction of sp³-hybridized carbons (Fsp3) is 0.316. The van der Waals surface area contributed by atoms with E-state index in [1.54, 1.807) is 0 Å². The number of carbonyl (C=O) groups excluding carboxylic acids is 1. The number of benzene rings is 2. The average molecular weight is 390 g/mol. The summed E-state index contributed by atoms with van der Waals surface area (Å²) in [7, 11) is 0. The van der Waals surface area contributed by atoms with Crippen molar-refractivity contribution in [3.8, 4) is 5.75 Å². The van der Waals surface area contributed by atoms with Gasteiger partial charge in [-0.3, -0.25) is 4.79 Å². The largest absolute Gasteiger partial charge is 0.488 e. The molecule has 1 aliphatic rings. The maximum Gasteiger partial charge on any atom is 0.251 e. The summed E-state index contributed by atoms with van der Waals surface area (Å²) in [5.41, 5.74) is 1.67. The van der Waals surface area contributed by atoms with Gasteiger partial charge in [0.1, 0.15) is 12.4 Å². The predicted octanol–water partition coefficient (Wildman–Crippen LogP) is 3.94. The topological polar surface area (TPSA) is 47.6 Å². The monoisotopic (exact) mass is 389 g/mol. The Labute approximate surface area is 150 Å². The Morgan fingerprint density at radius 2 is 2.00 bits per heavy atom. The summed E-state index contributed by atoms with van der Waals surface area (Å²) in [5.74, 6) is 0.736. The number of halogens is 1. The zero-order valence-corrected chi connectivity index (χ0v) is 14.9. The summed E-state index contributed by atoms with van der Waals surface area (Å²) in [4.78, 5) is 12.1. The summed E-state index contributed by atoms with van der Waals surface area (Å²) in [6, 6.07) is 15.2. The average Bonchev–Trinajstić information content (AvgIpc) is 3.13. The molecule has 1 amide bonds. The van der Waals surface area contributed by atoms with E-state index in [1.165, 1.54) is 0 Å². The minimum absolute atomic E-state index is 0.0660. The number of nitrogens with one attached hydrogen (secondary N) is 1. The summed E-state index contributed by atoms with van der Waals surface area (Å²) < 4.78 is 12.2. The van der Waals surface area contributed by atoms with Crippen molar-refractivity contribution < 1.29 is 14.3 Å². The van der Waals surface area contributed by atoms with Crippen LogP contribution in [0.1, 0.15) is 28.8 Å². The molecular weight excluding hydrogens is 370 g/mol. The Balaban J connectivity index is 1.51. The van der Waals surface area contributed by atoms with E-state index in [9.17, 15) is 4.79 Å². The molecular formula is C19H20BrNO3. The van der Waals surface area contributed by atoms with Gasteiger partial charge in [0.25, 0.3) is 5.91 Å². The summed E-state index contributed by atoms with van der Waals surface area (Å²) in [6.07, 6.45) is 2.25. The molecule has 1 N–H and O–H groups in total. The molecule has 126 valence electrons. The second-order valence-electron chi connectivity index (χ2n) is 5.76. The van der Waals surface area contributed by atoms with Gasteiger partial charge in [0.05, 0.1) is 10.6 Å². The summed E-state index contributed by atoms with van der Waals surface area (Å²) >= 11 is 3.46. The quantitative estimate of drug-likeness (QED) is 0.813. The minimum atomic E-state index is -0.0660. The molecule has 3 rings (SSSR count). The van der Waals surface area contributed by atoms with Gasteiger partial charge in [-0.15, -0.1) is 0 Å². The number of hydrogen-bond acceptors (Lipinski definition) is 3. The fourth-order valence-corrected chi connectivity index (χ4v) is 2.99. The van der Waals surface area contributed by atoms with Crippen LogP contribution in [0.2, 0.25) is 0 Å². The van der Waals surface area contributed by atoms with E-state index in [1.807, 2.05) is 48.5 Å². The molecule has 0 aliphatic carbocycles. The maximum atomic E-state index is 12.1. The number of para-hydroxylation sites is 1. The van der Waals surface area contributed by atoms with Crippen molar-refractivity contribution in [1.82, 2.24) is 5.32 Å². The molecule has 1 aliphatic heterocycles. The van der Waals surface area contributed by atoms with Crippen molar-refractivity contribution in [1.29, 1.82) is 0 Å². The lowest BCUT2D eigenvalue weighted by Gasteiger charge is -2.11. The molecule has 0 aromatic heterocycles. The normalized spacial score (nSPS) is 16.8. The fourth-order valence-electron chi connectivity index (χ4n) is 2.59. The summed E-state index contributed by atoms with van der Waals surface area (Å²) in [5, 5.41) is 2.92. The maximum absolute atomic E-state index is 12.1. The van der Waals surface area contributed by atoms with Crippen LogP contribution in [-0.2, 0) is 11.3 Å². The number of rotatable bonds is 6. The molecule has 0 saturated carbocycles. The lowest BCUT2D eigenvalue weighted by molar-refractivity contribution is 0.0857. The number of amides is 1. The van der Waals surface area contributed by atoms with Crippen molar-refractivity contribution >= 4 is 21.8 Å². The molecule has 24 heavy (non-hydrogen) atoms. The van der Waals surface area contributed by atoms with Gasteiger partial charge in [0.2, 0.25) is 0 Å². The van der Waals surface area contributed by atoms with E-state index < -0.39 is 0 Å². The van der Waals surface area contributed by atoms with Crippen molar-refractivity contribution in [2.24, 2.45) is 0 Å². The highest BCUT2D eigenvalue weighted by atomic mass is 79.9. The Kier molecular flexibility index (Phi) is 5.88. The molecule has 4 nitrogen and oxygen atoms in total. The van der Waals surface area contributed by atoms with Gasteiger partial charge in [-0.1, -0.05) is 24.3 Å². The highest BCUT2D eigenvalue weighted by Gasteiger charge is 2.16. The van der Waals surface area contributed by atoms with E-state index in [2.05, 4.69) is 21.2 Å². The molecule has 1 saturated heterocycles. The smallest absolute Gasteiger partial charge is 0.251 e. The van der Waals surface area contributed by atoms with Crippen LogP contribution in [0.3, 0.4) is 0 Å². The van der Waals surface area contributed by atoms with Crippen molar-refractivity contribution in [2.75, 3.05) is 13.2 Å². The second kappa shape index (κ2) is 8.31. The standard InChI is InChI=1S/C19H20BrNO3/c20-17-5-1-2-6-18(17)24-13-14-7-9-15(10-8-14)19(22)21-12-16-4-3-11-23-16/h1-2,5-10,16H,3-4,11-13H2,(H,21,22)/t16-/m0/s1. The molecule has 0 radical (unpaired) electrons. The lowest BCUT2D eigenvalue weighted by Crippen LogP contribution is -2.31. The molecule has 0 bridgehead atoms. The third-order valence-corrected chi connectivity index (χ3v) is 4.62. The van der Waals surface area contributed by atoms with Gasteiger partial charge in [0, 0.05) is 18.7 Å². The predicted molar refractivity (Wildman–Crippen MR) is 96.2 cm³/mol. The van der Waals surface area contributed by atoms with Crippen LogP contribution >= 0.6 is 15.9 Å². The Morgan fingerprint density at radius 1 is 1.21 bits per heavy atom. The van der Waals surface area contributed by atoms with Gasteiger partial charge in [0.15, 0.2) is 0 Å². The van der Waals surface area contributed by atoms with Crippen LogP contribution in [0.15, 0.2) is 53.0 Å². The van der Waals surface area contributed by atoms with E-state index in [4.69, 9.17) is 9.47 Å². The Bertz CT molecular complexity index is 681. The molecule has 2 aromatic carbocycles. The molecule has 0 spiro atoms. The van der Waals surface area contributed by atoms with Gasteiger partial charge >= 0.3 is 0 Å². The van der Waals surface area contributed by atoms with Crippen LogP contribution in [0.25, 0.3) is 0 Å². The van der Waals surface area contributed by atoms with Crippen LogP contribution < -0.4 is 10.1 Å². The van der Waals surface area contributed by atoms with Gasteiger partial charge in [-0.05, 0) is 58.6 Å². The van der Waals surface area contributed by atoms with Gasteiger partial charge in [-0.2, -0.15) is 0 Å². The number of ether oxygens (including phenoxy) is 2. The first kappa shape index (κ1) is 17.0. The second-order valence-corrected chi connectivity index (χ2v) is 6.62. The van der Waals surface area contributed by atoms with Crippen molar-refractivity contribution in [3.63, 3.8) is 0 Å². The van der Waals surface area contributed by atoms with Crippen molar-refractivity contribution in [2.45, 2.75) is 25.6 Å². The third kappa shape index (κ3) is 4.58. The van der Waals surface area contributed by atoms with Gasteiger partial charge in [-0.25, -0.2) is 0 Å². The lowest BCUT2D eigenvalue weighted by atomic mass is 10.1. The van der Waals surface area contributed by atoms with Crippen molar-refractivity contribution in [3.05, 3.63) is 64.1 Å². The van der Waals surface area contributed by atoms with Crippen LogP contribution in [0, 0.1) is 0 Å². The first-order chi connectivity index (χ1) is 11.7. The van der Waals surface area contributed by atoms with E-state index in [0.717, 1.165) is 35.2 Å². The highest BCUT2D eigenvalue weighted by Crippen LogP contribution is 2.24. The molecule has 1 atom stereocenters. The Morgan fingerprint density at radius 3 is 2.71 bits per heavy atom. The van der Waals surface area contributed by atoms with E-state index >= 15 is 0 Å². The molecule has 0 unspecified atom stereocenters. The van der Waals surface area contributed by atoms with E-state index in [-0.39, 0.29) is 12.0 Å². The third-order valence-electron chi connectivity index (χ3n) is 3.96. The zero-order valence-electron chi connectivity index (χ0n) is 13.3. The molecule has 2 aromatic rings. The van der Waals surface area contributed by atoms with Crippen LogP contribution in [0.5, 0.6) is 5.75 Å². The van der Waals surface area contributed by atoms with Crippen LogP contribution in [0.4, 0.5) is 0 Å². The summed E-state index contributed by atoms with van der Waals surface area (Å²) in [6.45, 7) is 1.83. The SMILES string of the molecule is O=C(NC[C@@H]1CCCO1)c1ccc(COc2ccccc2Br)cc1. The Hall–Kier alpha value is -1.85. The molecule has 1 heterocycles. The molecule has 1 fully saturated rings.